The molecule has 4 aromatic rings. The predicted octanol–water partition coefficient (Wildman–Crippen LogP) is 4.48. The van der Waals surface area contributed by atoms with E-state index in [1.165, 1.54) is 0 Å². The summed E-state index contributed by atoms with van der Waals surface area (Å²) in [6.45, 7) is 0.516. The number of nitrogens with zero attached hydrogens (tertiary/aromatic N) is 4. The second-order valence-corrected chi connectivity index (χ2v) is 10.3. The van der Waals surface area contributed by atoms with Gasteiger partial charge in [-0.1, -0.05) is 30.3 Å². The molecule has 3 heterocycles. The lowest BCUT2D eigenvalue weighted by atomic mass is 10.2. The van der Waals surface area contributed by atoms with E-state index in [-0.39, 0.29) is 22.8 Å². The second-order valence-electron chi connectivity index (χ2n) is 8.34. The highest BCUT2D eigenvalue weighted by Crippen LogP contribution is 2.35. The number of nitrogens with one attached hydrogen (secondary N) is 2. The van der Waals surface area contributed by atoms with Crippen LogP contribution in [0.3, 0.4) is 0 Å². The van der Waals surface area contributed by atoms with Gasteiger partial charge in [0.2, 0.25) is 11.2 Å². The normalized spacial score (nSPS) is 18.8. The van der Waals surface area contributed by atoms with Gasteiger partial charge in [-0.15, -0.1) is 0 Å². The number of aromatic nitrogens is 4. The Bertz CT molecular complexity index is 1470. The number of amides is 1. The fraction of sp³-hybridized carbons (Fsp3) is 0.240. The van der Waals surface area contributed by atoms with Crippen molar-refractivity contribution in [3.05, 3.63) is 75.3 Å². The first kappa shape index (κ1) is 26.5. The average molecular weight is 665 g/mol. The minimum Gasteiger partial charge on any atom is -0.448 e. The Kier molecular flexibility index (Phi) is 8.21. The van der Waals surface area contributed by atoms with Crippen LogP contribution in [0.5, 0.6) is 5.75 Å². The quantitative estimate of drug-likeness (QED) is 0.168. The van der Waals surface area contributed by atoms with Gasteiger partial charge in [0, 0.05) is 35.8 Å². The Morgan fingerprint density at radius 1 is 1.24 bits per heavy atom. The van der Waals surface area contributed by atoms with Crippen molar-refractivity contribution in [2.75, 3.05) is 12.4 Å². The van der Waals surface area contributed by atoms with Gasteiger partial charge in [-0.3, -0.25) is 9.36 Å². The van der Waals surface area contributed by atoms with Gasteiger partial charge in [0.1, 0.15) is 11.9 Å². The molecule has 1 fully saturated rings. The minimum absolute atomic E-state index is 0.0330. The van der Waals surface area contributed by atoms with Crippen LogP contribution in [0.15, 0.2) is 60.9 Å². The lowest BCUT2D eigenvalue weighted by molar-refractivity contribution is -0.134. The van der Waals surface area contributed by atoms with Crippen LogP contribution >= 0.6 is 46.4 Å². The van der Waals surface area contributed by atoms with Crippen molar-refractivity contribution in [1.82, 2.24) is 24.8 Å². The SMILES string of the molecule is CNC(=O)[C@@H]1C[C@@H](OC(=S)Oc2ccccc2)[C@H](n2cnc3c(NCc4cccc(I)c4)nc(Cl)nc32)O1. The van der Waals surface area contributed by atoms with Gasteiger partial charge in [-0.2, -0.15) is 9.97 Å². The molecule has 0 radical (unpaired) electrons. The predicted molar refractivity (Wildman–Crippen MR) is 154 cm³/mol. The molecule has 2 aromatic heterocycles. The first-order valence-corrected chi connectivity index (χ1v) is 13.5. The van der Waals surface area contributed by atoms with Crippen LogP contribution in [0.4, 0.5) is 5.82 Å². The standard InChI is InChI=1S/C25H22ClIN6O4S/c1-28-22(34)17-11-18(37-25(38)35-16-8-3-2-4-9-16)23(36-17)33-13-30-19-20(31-24(26)32-21(19)33)29-12-14-6-5-7-15(27)10-14/h2-10,13,17-18,23H,11-12H2,1H3,(H,28,34)(H,29,31,32)/t17-,18+,23+/m0/s1. The summed E-state index contributed by atoms with van der Waals surface area (Å²) >= 11 is 13.9. The molecule has 0 spiro atoms. The number of rotatable bonds is 7. The topological polar surface area (TPSA) is 112 Å². The summed E-state index contributed by atoms with van der Waals surface area (Å²) < 4.78 is 20.5. The zero-order valence-electron chi connectivity index (χ0n) is 20.0. The summed E-state index contributed by atoms with van der Waals surface area (Å²) in [7, 11) is 1.54. The first-order chi connectivity index (χ1) is 18.4. The van der Waals surface area contributed by atoms with E-state index in [4.69, 9.17) is 38.0 Å². The number of hydrogen-bond donors (Lipinski definition) is 2. The highest BCUT2D eigenvalue weighted by Gasteiger charge is 2.43. The molecule has 13 heteroatoms. The fourth-order valence-corrected chi connectivity index (χ4v) is 5.08. The Labute approximate surface area is 242 Å². The number of benzene rings is 2. The maximum atomic E-state index is 12.4. The number of carbonyl (C=O) groups excluding carboxylic acids is 1. The van der Waals surface area contributed by atoms with Gasteiger partial charge in [-0.25, -0.2) is 4.98 Å². The van der Waals surface area contributed by atoms with E-state index in [2.05, 4.69) is 54.2 Å². The number of fused-ring (bicyclic) bond motifs is 1. The van der Waals surface area contributed by atoms with Gasteiger partial charge >= 0.3 is 5.24 Å². The third-order valence-corrected chi connectivity index (χ3v) is 6.84. The minimum atomic E-state index is -0.783. The first-order valence-electron chi connectivity index (χ1n) is 11.6. The number of anilines is 1. The van der Waals surface area contributed by atoms with Crippen molar-refractivity contribution < 1.29 is 19.0 Å². The van der Waals surface area contributed by atoms with Gasteiger partial charge in [0.05, 0.1) is 6.33 Å². The Morgan fingerprint density at radius 3 is 2.82 bits per heavy atom. The van der Waals surface area contributed by atoms with Crippen LogP contribution in [0.2, 0.25) is 5.28 Å². The van der Waals surface area contributed by atoms with Crippen molar-refractivity contribution in [2.24, 2.45) is 0 Å². The van der Waals surface area contributed by atoms with E-state index < -0.39 is 18.4 Å². The smallest absolute Gasteiger partial charge is 0.358 e. The highest BCUT2D eigenvalue weighted by molar-refractivity contribution is 14.1. The molecule has 38 heavy (non-hydrogen) atoms. The molecule has 0 saturated carbocycles. The van der Waals surface area contributed by atoms with Crippen molar-refractivity contribution in [3.8, 4) is 5.75 Å². The molecule has 0 unspecified atom stereocenters. The van der Waals surface area contributed by atoms with E-state index in [0.29, 0.717) is 29.3 Å². The van der Waals surface area contributed by atoms with Crippen LogP contribution in [0.1, 0.15) is 18.2 Å². The van der Waals surface area contributed by atoms with E-state index in [1.807, 2.05) is 36.4 Å². The van der Waals surface area contributed by atoms with Crippen LogP contribution in [-0.4, -0.2) is 49.9 Å². The Balaban J connectivity index is 1.41. The van der Waals surface area contributed by atoms with E-state index >= 15 is 0 Å². The zero-order valence-corrected chi connectivity index (χ0v) is 23.7. The van der Waals surface area contributed by atoms with Crippen LogP contribution < -0.4 is 15.4 Å². The maximum absolute atomic E-state index is 12.4. The fourth-order valence-electron chi connectivity index (χ4n) is 4.08. The second kappa shape index (κ2) is 11.8. The Hall–Kier alpha value is -3.07. The summed E-state index contributed by atoms with van der Waals surface area (Å²) in [4.78, 5) is 25.7. The number of ether oxygens (including phenoxy) is 3. The molecule has 2 aromatic carbocycles. The molecule has 10 nitrogen and oxygen atoms in total. The molecule has 0 aliphatic carbocycles. The monoisotopic (exact) mass is 664 g/mol. The largest absolute Gasteiger partial charge is 0.448 e. The lowest BCUT2D eigenvalue weighted by Gasteiger charge is -2.21. The van der Waals surface area contributed by atoms with Crippen molar-refractivity contribution in [2.45, 2.75) is 31.4 Å². The number of imidazole rings is 1. The van der Waals surface area contributed by atoms with E-state index in [0.717, 1.165) is 9.13 Å². The van der Waals surface area contributed by atoms with Gasteiger partial charge in [0.15, 0.2) is 29.3 Å². The molecule has 196 valence electrons. The summed E-state index contributed by atoms with van der Waals surface area (Å²) in [5.41, 5.74) is 1.99. The summed E-state index contributed by atoms with van der Waals surface area (Å²) in [5, 5.41) is 5.84. The summed E-state index contributed by atoms with van der Waals surface area (Å²) in [5.74, 6) is 0.721. The molecule has 3 atom stereocenters. The number of hydrogen-bond acceptors (Lipinski definition) is 9. The molecule has 1 saturated heterocycles. The third kappa shape index (κ3) is 5.98. The number of halogens is 2. The number of likely N-dealkylation sites (N-methyl/N-ethyl adjacent to an activating group) is 1. The molecular weight excluding hydrogens is 643 g/mol. The lowest BCUT2D eigenvalue weighted by Crippen LogP contribution is -2.31. The number of thiocarbonyl (C=S) groups is 1. The van der Waals surface area contributed by atoms with E-state index in [9.17, 15) is 4.79 Å². The Morgan fingerprint density at radius 2 is 2.05 bits per heavy atom. The molecule has 1 amide bonds. The molecule has 1 aliphatic rings. The van der Waals surface area contributed by atoms with Crippen LogP contribution in [0, 0.1) is 3.57 Å². The third-order valence-electron chi connectivity index (χ3n) is 5.82. The van der Waals surface area contributed by atoms with Gasteiger partial charge < -0.3 is 24.8 Å². The van der Waals surface area contributed by atoms with Crippen molar-refractivity contribution in [1.29, 1.82) is 0 Å². The molecular formula is C25H22ClIN6O4S. The summed E-state index contributed by atoms with van der Waals surface area (Å²) in [6.07, 6.45) is -0.432. The molecule has 0 bridgehead atoms. The van der Waals surface area contributed by atoms with Crippen LogP contribution in [-0.2, 0) is 20.8 Å². The average Bonchev–Trinajstić information content (AvgIpc) is 3.51. The number of carbonyl (C=O) groups is 1. The van der Waals surface area contributed by atoms with Crippen LogP contribution in [0.25, 0.3) is 11.2 Å². The molecule has 2 N–H and O–H groups in total. The van der Waals surface area contributed by atoms with Gasteiger partial charge in [0.25, 0.3) is 0 Å². The zero-order chi connectivity index (χ0) is 26.6. The maximum Gasteiger partial charge on any atom is 0.358 e. The number of para-hydroxylation sites is 1. The highest BCUT2D eigenvalue weighted by atomic mass is 127. The summed E-state index contributed by atoms with van der Waals surface area (Å²) in [6, 6.07) is 17.1. The van der Waals surface area contributed by atoms with Crippen molar-refractivity contribution in [3.63, 3.8) is 0 Å². The van der Waals surface area contributed by atoms with Crippen molar-refractivity contribution >= 4 is 74.5 Å². The van der Waals surface area contributed by atoms with E-state index in [1.54, 1.807) is 30.1 Å². The molecule has 5 rings (SSSR count). The van der Waals surface area contributed by atoms with Gasteiger partial charge in [-0.05, 0) is 64.0 Å². The molecule has 1 aliphatic heterocycles.